The molecule has 5 heteroatoms. The van der Waals surface area contributed by atoms with Crippen LogP contribution in [0.2, 0.25) is 0 Å². The molecular formula is C13H21N3OS. The Morgan fingerprint density at radius 2 is 2.33 bits per heavy atom. The highest BCUT2D eigenvalue weighted by atomic mass is 32.1. The minimum absolute atomic E-state index is 0.0750. The fraction of sp³-hybridized carbons (Fsp3) is 0.692. The zero-order chi connectivity index (χ0) is 13.0. The summed E-state index contributed by atoms with van der Waals surface area (Å²) in [4.78, 5) is 16.0. The highest BCUT2D eigenvalue weighted by molar-refractivity contribution is 7.07. The van der Waals surface area contributed by atoms with Gasteiger partial charge in [0.1, 0.15) is 0 Å². The van der Waals surface area contributed by atoms with Crippen molar-refractivity contribution >= 4 is 17.4 Å². The van der Waals surface area contributed by atoms with Crippen molar-refractivity contribution in [3.8, 4) is 0 Å². The third-order valence-electron chi connectivity index (χ3n) is 3.94. The molecule has 1 saturated carbocycles. The molecule has 4 nitrogen and oxygen atoms in total. The third kappa shape index (κ3) is 3.45. The number of carbonyl (C=O) groups excluding carboxylic acids is 1. The van der Waals surface area contributed by atoms with E-state index < -0.39 is 0 Å². The first-order chi connectivity index (χ1) is 8.66. The van der Waals surface area contributed by atoms with E-state index >= 15 is 0 Å². The molecule has 1 aliphatic rings. The molecule has 1 aliphatic carbocycles. The fourth-order valence-electron chi connectivity index (χ4n) is 2.50. The van der Waals surface area contributed by atoms with Crippen molar-refractivity contribution in [1.82, 2.24) is 15.6 Å². The SMILES string of the molecule is CC1CCCC(NC(=O)NCc2cscn2)C1C. The van der Waals surface area contributed by atoms with Gasteiger partial charge in [0.2, 0.25) is 0 Å². The van der Waals surface area contributed by atoms with E-state index in [0.29, 0.717) is 24.4 Å². The molecular weight excluding hydrogens is 246 g/mol. The summed E-state index contributed by atoms with van der Waals surface area (Å²) in [6, 6.07) is 0.234. The van der Waals surface area contributed by atoms with E-state index in [-0.39, 0.29) is 6.03 Å². The number of nitrogens with zero attached hydrogens (tertiary/aromatic N) is 1. The molecule has 0 aromatic carbocycles. The van der Waals surface area contributed by atoms with Gasteiger partial charge in [0, 0.05) is 11.4 Å². The summed E-state index contributed by atoms with van der Waals surface area (Å²) in [6.07, 6.45) is 3.58. The lowest BCUT2D eigenvalue weighted by Gasteiger charge is -2.34. The molecule has 0 saturated heterocycles. The van der Waals surface area contributed by atoms with Gasteiger partial charge in [-0.1, -0.05) is 26.7 Å². The number of carbonyl (C=O) groups is 1. The van der Waals surface area contributed by atoms with Gasteiger partial charge in [-0.05, 0) is 18.3 Å². The quantitative estimate of drug-likeness (QED) is 0.884. The van der Waals surface area contributed by atoms with Gasteiger partial charge < -0.3 is 10.6 Å². The predicted octanol–water partition coefficient (Wildman–Crippen LogP) is 2.77. The average Bonchev–Trinajstić information content (AvgIpc) is 2.86. The third-order valence-corrected chi connectivity index (χ3v) is 4.57. The summed E-state index contributed by atoms with van der Waals surface area (Å²) >= 11 is 1.54. The van der Waals surface area contributed by atoms with Gasteiger partial charge in [-0.2, -0.15) is 0 Å². The maximum atomic E-state index is 11.8. The molecule has 1 aromatic heterocycles. The van der Waals surface area contributed by atoms with Crippen molar-refractivity contribution in [3.05, 3.63) is 16.6 Å². The molecule has 2 N–H and O–H groups in total. The molecule has 0 spiro atoms. The van der Waals surface area contributed by atoms with Crippen LogP contribution in [0.5, 0.6) is 0 Å². The molecule has 0 radical (unpaired) electrons. The number of aromatic nitrogens is 1. The summed E-state index contributed by atoms with van der Waals surface area (Å²) in [5.74, 6) is 1.26. The molecule has 2 amide bonds. The van der Waals surface area contributed by atoms with Crippen LogP contribution in [0.15, 0.2) is 10.9 Å². The van der Waals surface area contributed by atoms with Crippen molar-refractivity contribution in [2.24, 2.45) is 11.8 Å². The lowest BCUT2D eigenvalue weighted by Crippen LogP contribution is -2.47. The van der Waals surface area contributed by atoms with Crippen LogP contribution in [0.1, 0.15) is 38.8 Å². The van der Waals surface area contributed by atoms with E-state index in [1.165, 1.54) is 12.8 Å². The number of hydrogen-bond donors (Lipinski definition) is 2. The van der Waals surface area contributed by atoms with Crippen LogP contribution in [-0.2, 0) is 6.54 Å². The van der Waals surface area contributed by atoms with E-state index in [0.717, 1.165) is 12.1 Å². The Hall–Kier alpha value is -1.10. The molecule has 0 bridgehead atoms. The van der Waals surface area contributed by atoms with Gasteiger partial charge in [-0.15, -0.1) is 11.3 Å². The number of hydrogen-bond acceptors (Lipinski definition) is 3. The zero-order valence-corrected chi connectivity index (χ0v) is 11.8. The number of urea groups is 1. The molecule has 1 fully saturated rings. The van der Waals surface area contributed by atoms with Crippen LogP contribution in [0.3, 0.4) is 0 Å². The van der Waals surface area contributed by atoms with Crippen LogP contribution in [0, 0.1) is 11.8 Å². The molecule has 1 heterocycles. The van der Waals surface area contributed by atoms with Gasteiger partial charge in [0.15, 0.2) is 0 Å². The smallest absolute Gasteiger partial charge is 0.315 e. The van der Waals surface area contributed by atoms with Gasteiger partial charge in [-0.3, -0.25) is 0 Å². The molecule has 1 aromatic rings. The molecule has 3 unspecified atom stereocenters. The summed E-state index contributed by atoms with van der Waals surface area (Å²) in [6.45, 7) is 5.01. The number of amides is 2. The molecule has 100 valence electrons. The van der Waals surface area contributed by atoms with E-state index in [1.807, 2.05) is 5.38 Å². The maximum absolute atomic E-state index is 11.8. The van der Waals surface area contributed by atoms with Crippen molar-refractivity contribution < 1.29 is 4.79 Å². The standard InChI is InChI=1S/C13H21N3OS/c1-9-4-3-5-12(10(9)2)16-13(17)14-6-11-7-18-8-15-11/h7-10,12H,3-6H2,1-2H3,(H2,14,16,17). The minimum atomic E-state index is -0.0750. The first-order valence-corrected chi connectivity index (χ1v) is 7.52. The number of nitrogens with one attached hydrogen (secondary N) is 2. The first kappa shape index (κ1) is 13.3. The maximum Gasteiger partial charge on any atom is 0.315 e. The fourth-order valence-corrected chi connectivity index (χ4v) is 3.06. The van der Waals surface area contributed by atoms with E-state index in [2.05, 4.69) is 29.5 Å². The Bertz CT molecular complexity index is 380. The number of thiazole rings is 1. The molecule has 0 aliphatic heterocycles. The van der Waals surface area contributed by atoms with E-state index in [4.69, 9.17) is 0 Å². The predicted molar refractivity (Wildman–Crippen MR) is 73.5 cm³/mol. The molecule has 2 rings (SSSR count). The Kier molecular flexibility index (Phi) is 4.58. The lowest BCUT2D eigenvalue weighted by atomic mass is 9.78. The monoisotopic (exact) mass is 267 g/mol. The number of rotatable bonds is 3. The minimum Gasteiger partial charge on any atom is -0.335 e. The van der Waals surface area contributed by atoms with Gasteiger partial charge >= 0.3 is 6.03 Å². The highest BCUT2D eigenvalue weighted by Gasteiger charge is 2.27. The second-order valence-electron chi connectivity index (χ2n) is 5.18. The van der Waals surface area contributed by atoms with Gasteiger partial charge in [-0.25, -0.2) is 9.78 Å². The van der Waals surface area contributed by atoms with Crippen LogP contribution >= 0.6 is 11.3 Å². The first-order valence-electron chi connectivity index (χ1n) is 6.58. The van der Waals surface area contributed by atoms with E-state index in [1.54, 1.807) is 16.8 Å². The lowest BCUT2D eigenvalue weighted by molar-refractivity contribution is 0.195. The topological polar surface area (TPSA) is 54.0 Å². The Morgan fingerprint density at radius 3 is 3.06 bits per heavy atom. The van der Waals surface area contributed by atoms with Crippen LogP contribution in [0.25, 0.3) is 0 Å². The van der Waals surface area contributed by atoms with Crippen molar-refractivity contribution in [2.75, 3.05) is 0 Å². The Morgan fingerprint density at radius 1 is 1.50 bits per heavy atom. The van der Waals surface area contributed by atoms with Crippen LogP contribution in [-0.4, -0.2) is 17.1 Å². The molecule has 3 atom stereocenters. The summed E-state index contributed by atoms with van der Waals surface area (Å²) in [5.41, 5.74) is 2.69. The summed E-state index contributed by atoms with van der Waals surface area (Å²) in [5, 5.41) is 7.90. The zero-order valence-electron chi connectivity index (χ0n) is 11.0. The van der Waals surface area contributed by atoms with Crippen LogP contribution in [0.4, 0.5) is 4.79 Å². The average molecular weight is 267 g/mol. The Labute approximate surface area is 112 Å². The van der Waals surface area contributed by atoms with Gasteiger partial charge in [0.25, 0.3) is 0 Å². The normalized spacial score (nSPS) is 27.8. The van der Waals surface area contributed by atoms with Crippen LogP contribution < -0.4 is 10.6 Å². The van der Waals surface area contributed by atoms with Crippen molar-refractivity contribution in [2.45, 2.75) is 45.7 Å². The van der Waals surface area contributed by atoms with Crippen molar-refractivity contribution in [3.63, 3.8) is 0 Å². The second kappa shape index (κ2) is 6.18. The second-order valence-corrected chi connectivity index (χ2v) is 5.90. The Balaban J connectivity index is 1.76. The largest absolute Gasteiger partial charge is 0.335 e. The molecule has 18 heavy (non-hydrogen) atoms. The van der Waals surface area contributed by atoms with Crippen molar-refractivity contribution in [1.29, 1.82) is 0 Å². The summed E-state index contributed by atoms with van der Waals surface area (Å²) in [7, 11) is 0. The van der Waals surface area contributed by atoms with E-state index in [9.17, 15) is 4.79 Å². The van der Waals surface area contributed by atoms with Gasteiger partial charge in [0.05, 0.1) is 17.7 Å². The highest BCUT2D eigenvalue weighted by Crippen LogP contribution is 2.29. The summed E-state index contributed by atoms with van der Waals surface area (Å²) < 4.78 is 0.